The number of benzene rings is 3. The Morgan fingerprint density at radius 2 is 1.85 bits per heavy atom. The molecule has 0 saturated heterocycles. The first-order valence-corrected chi connectivity index (χ1v) is 11.1. The van der Waals surface area contributed by atoms with Gasteiger partial charge in [-0.2, -0.15) is 0 Å². The van der Waals surface area contributed by atoms with Crippen molar-refractivity contribution in [3.8, 4) is 5.75 Å². The lowest BCUT2D eigenvalue weighted by molar-refractivity contribution is 0.102. The van der Waals surface area contributed by atoms with Gasteiger partial charge in [0, 0.05) is 11.6 Å². The first kappa shape index (κ1) is 22.1. The number of halogens is 1. The molecule has 0 unspecified atom stereocenters. The number of nitrogen functional groups attached to an aromatic ring is 1. The summed E-state index contributed by atoms with van der Waals surface area (Å²) in [5.74, 6) is -0.660. The predicted molar refractivity (Wildman–Crippen MR) is 120 cm³/mol. The molecule has 4 N–H and O–H groups in total. The van der Waals surface area contributed by atoms with Crippen molar-refractivity contribution in [1.82, 2.24) is 4.31 Å². The normalized spacial score (nSPS) is 14.2. The number of amides is 3. The second-order valence-electron chi connectivity index (χ2n) is 7.19. The Morgan fingerprint density at radius 1 is 1.12 bits per heavy atom. The second kappa shape index (κ2) is 8.43. The highest BCUT2D eigenvalue weighted by Gasteiger charge is 2.36. The molecule has 170 valence electrons. The third-order valence-corrected chi connectivity index (χ3v) is 6.82. The third-order valence-electron chi connectivity index (χ3n) is 5.03. The summed E-state index contributed by atoms with van der Waals surface area (Å²) in [4.78, 5) is 24.9. The van der Waals surface area contributed by atoms with Crippen LogP contribution in [-0.2, 0) is 16.6 Å². The zero-order valence-corrected chi connectivity index (χ0v) is 18.1. The van der Waals surface area contributed by atoms with E-state index in [1.807, 2.05) is 0 Å². The molecule has 0 aromatic heterocycles. The van der Waals surface area contributed by atoms with Crippen molar-refractivity contribution in [2.45, 2.75) is 11.4 Å². The first-order valence-electron chi connectivity index (χ1n) is 9.66. The van der Waals surface area contributed by atoms with Gasteiger partial charge in [0.15, 0.2) is 0 Å². The van der Waals surface area contributed by atoms with Crippen LogP contribution in [0.4, 0.5) is 26.2 Å². The number of nitrogens with two attached hydrogens (primary N) is 1. The number of anilines is 3. The lowest BCUT2D eigenvalue weighted by Gasteiger charge is -2.29. The van der Waals surface area contributed by atoms with Gasteiger partial charge in [-0.1, -0.05) is 12.1 Å². The fraction of sp³-hybridized carbons (Fsp3) is 0.0909. The SMILES string of the molecule is COc1ccc2c(c1)NC(=O)N(Cc1ccc(C(=O)Nc3cc(F)ccc3N)cc1)S2(=O)=O. The van der Waals surface area contributed by atoms with Crippen LogP contribution in [0.3, 0.4) is 0 Å². The number of methoxy groups -OCH3 is 1. The van der Waals surface area contributed by atoms with Gasteiger partial charge in [-0.3, -0.25) is 4.79 Å². The van der Waals surface area contributed by atoms with Crippen LogP contribution in [0.1, 0.15) is 15.9 Å². The molecule has 0 radical (unpaired) electrons. The quantitative estimate of drug-likeness (QED) is 0.490. The van der Waals surface area contributed by atoms with E-state index in [0.29, 0.717) is 15.6 Å². The Bertz CT molecular complexity index is 1360. The summed E-state index contributed by atoms with van der Waals surface area (Å²) in [6.45, 7) is -0.238. The Kier molecular flexibility index (Phi) is 5.64. The van der Waals surface area contributed by atoms with Gasteiger partial charge in [0.1, 0.15) is 16.5 Å². The van der Waals surface area contributed by atoms with Gasteiger partial charge < -0.3 is 21.1 Å². The molecule has 1 heterocycles. The third kappa shape index (κ3) is 4.30. The number of urea groups is 1. The number of carbonyl (C=O) groups is 2. The lowest BCUT2D eigenvalue weighted by atomic mass is 10.1. The average Bonchev–Trinajstić information content (AvgIpc) is 2.79. The predicted octanol–water partition coefficient (Wildman–Crippen LogP) is 3.41. The highest BCUT2D eigenvalue weighted by atomic mass is 32.2. The maximum Gasteiger partial charge on any atom is 0.336 e. The monoisotopic (exact) mass is 470 g/mol. The van der Waals surface area contributed by atoms with Crippen molar-refractivity contribution in [2.75, 3.05) is 23.5 Å². The Balaban J connectivity index is 1.52. The van der Waals surface area contributed by atoms with E-state index in [4.69, 9.17) is 10.5 Å². The molecule has 3 amide bonds. The van der Waals surface area contributed by atoms with E-state index in [1.165, 1.54) is 61.7 Å². The molecule has 0 atom stereocenters. The molecule has 9 nitrogen and oxygen atoms in total. The minimum atomic E-state index is -4.09. The Labute approximate surface area is 189 Å². The van der Waals surface area contributed by atoms with E-state index in [0.717, 1.165) is 6.07 Å². The molecule has 0 fully saturated rings. The molecule has 33 heavy (non-hydrogen) atoms. The standard InChI is InChI=1S/C22H19FN4O5S/c1-32-16-7-9-20-19(11-16)26-22(29)27(33(20,30)31)12-13-2-4-14(5-3-13)21(28)25-18-10-15(23)6-8-17(18)24/h2-11H,12,24H2,1H3,(H,25,28)(H,26,29). The van der Waals surface area contributed by atoms with Crippen molar-refractivity contribution in [2.24, 2.45) is 0 Å². The van der Waals surface area contributed by atoms with Gasteiger partial charge in [0.25, 0.3) is 15.9 Å². The maximum atomic E-state index is 13.4. The van der Waals surface area contributed by atoms with Crippen molar-refractivity contribution in [1.29, 1.82) is 0 Å². The molecule has 0 spiro atoms. The van der Waals surface area contributed by atoms with Crippen LogP contribution in [0.5, 0.6) is 5.75 Å². The number of ether oxygens (including phenoxy) is 1. The van der Waals surface area contributed by atoms with Crippen molar-refractivity contribution in [3.63, 3.8) is 0 Å². The molecule has 11 heteroatoms. The minimum absolute atomic E-state index is 0.0495. The lowest BCUT2D eigenvalue weighted by Crippen LogP contribution is -2.43. The summed E-state index contributed by atoms with van der Waals surface area (Å²) in [6.07, 6.45) is 0. The van der Waals surface area contributed by atoms with Gasteiger partial charge in [-0.15, -0.1) is 0 Å². The average molecular weight is 470 g/mol. The first-order chi connectivity index (χ1) is 15.7. The summed E-state index contributed by atoms with van der Waals surface area (Å²) in [5.41, 5.74) is 6.95. The van der Waals surface area contributed by atoms with Crippen LogP contribution < -0.4 is 21.1 Å². The largest absolute Gasteiger partial charge is 0.497 e. The van der Waals surface area contributed by atoms with Gasteiger partial charge in [0.2, 0.25) is 0 Å². The fourth-order valence-corrected chi connectivity index (χ4v) is 4.73. The topological polar surface area (TPSA) is 131 Å². The molecule has 0 bridgehead atoms. The summed E-state index contributed by atoms with van der Waals surface area (Å²) in [7, 11) is -2.66. The number of hydrogen-bond donors (Lipinski definition) is 3. The molecular formula is C22H19FN4O5S. The smallest absolute Gasteiger partial charge is 0.336 e. The van der Waals surface area contributed by atoms with E-state index in [2.05, 4.69) is 10.6 Å². The van der Waals surface area contributed by atoms with Gasteiger partial charge in [-0.25, -0.2) is 21.9 Å². The zero-order valence-electron chi connectivity index (χ0n) is 17.3. The molecule has 1 aliphatic rings. The van der Waals surface area contributed by atoms with Gasteiger partial charge >= 0.3 is 6.03 Å². The molecule has 1 aliphatic heterocycles. The van der Waals surface area contributed by atoms with E-state index >= 15 is 0 Å². The van der Waals surface area contributed by atoms with Crippen LogP contribution in [-0.4, -0.2) is 31.8 Å². The summed E-state index contributed by atoms with van der Waals surface area (Å²) in [5, 5.41) is 5.07. The van der Waals surface area contributed by atoms with Crippen molar-refractivity contribution >= 4 is 39.0 Å². The number of nitrogens with zero attached hydrogens (tertiary/aromatic N) is 1. The number of nitrogens with one attached hydrogen (secondary N) is 2. The highest BCUT2D eigenvalue weighted by molar-refractivity contribution is 7.90. The number of fused-ring (bicyclic) bond motifs is 1. The van der Waals surface area contributed by atoms with Crippen LogP contribution in [0.25, 0.3) is 0 Å². The second-order valence-corrected chi connectivity index (χ2v) is 9.02. The molecule has 0 aliphatic carbocycles. The Hall–Kier alpha value is -4.12. The Morgan fingerprint density at radius 3 is 2.55 bits per heavy atom. The van der Waals surface area contributed by atoms with E-state index in [1.54, 1.807) is 0 Å². The van der Waals surface area contributed by atoms with Crippen LogP contribution >= 0.6 is 0 Å². The molecule has 3 aromatic rings. The van der Waals surface area contributed by atoms with Crippen molar-refractivity contribution in [3.05, 3.63) is 77.6 Å². The van der Waals surface area contributed by atoms with Crippen LogP contribution in [0, 0.1) is 5.82 Å². The van der Waals surface area contributed by atoms with Crippen molar-refractivity contribution < 1.29 is 27.1 Å². The van der Waals surface area contributed by atoms with Crippen LogP contribution in [0.2, 0.25) is 0 Å². The van der Waals surface area contributed by atoms with E-state index in [-0.39, 0.29) is 34.1 Å². The molecule has 3 aromatic carbocycles. The molecule has 4 rings (SSSR count). The molecular weight excluding hydrogens is 451 g/mol. The molecule has 0 saturated carbocycles. The van der Waals surface area contributed by atoms with E-state index < -0.39 is 27.8 Å². The summed E-state index contributed by atoms with van der Waals surface area (Å²) >= 11 is 0. The maximum absolute atomic E-state index is 13.4. The summed E-state index contributed by atoms with van der Waals surface area (Å²) in [6, 6.07) is 13.1. The van der Waals surface area contributed by atoms with Crippen LogP contribution in [0.15, 0.2) is 65.6 Å². The van der Waals surface area contributed by atoms with E-state index in [9.17, 15) is 22.4 Å². The number of carbonyl (C=O) groups excluding carboxylic acids is 2. The number of sulfonamides is 1. The minimum Gasteiger partial charge on any atom is -0.497 e. The number of rotatable bonds is 5. The highest BCUT2D eigenvalue weighted by Crippen LogP contribution is 2.33. The fourth-order valence-electron chi connectivity index (χ4n) is 3.28. The number of hydrogen-bond acceptors (Lipinski definition) is 6. The summed E-state index contributed by atoms with van der Waals surface area (Å²) < 4.78 is 45.1. The zero-order chi connectivity index (χ0) is 23.8. The van der Waals surface area contributed by atoms with Gasteiger partial charge in [-0.05, 0) is 48.0 Å². The van der Waals surface area contributed by atoms with Gasteiger partial charge in [0.05, 0.1) is 30.7 Å².